The van der Waals surface area contributed by atoms with Crippen molar-refractivity contribution in [1.82, 2.24) is 0 Å². The van der Waals surface area contributed by atoms with Crippen LogP contribution < -0.4 is 15.0 Å². The average Bonchev–Trinajstić information content (AvgIpc) is 2.73. The summed E-state index contributed by atoms with van der Waals surface area (Å²) < 4.78 is 5.55. The van der Waals surface area contributed by atoms with Gasteiger partial charge in [-0.15, -0.1) is 0 Å². The van der Waals surface area contributed by atoms with E-state index < -0.39 is 11.0 Å². The number of ether oxygens (including phenoxy) is 1. The number of benzene rings is 2. The summed E-state index contributed by atoms with van der Waals surface area (Å²) in [5.41, 5.74) is 2.54. The molecule has 9 heteroatoms. The molecule has 0 aromatic heterocycles. The van der Waals surface area contributed by atoms with Crippen LogP contribution in [0.4, 0.5) is 17.1 Å². The number of rotatable bonds is 4. The number of ketones is 1. The van der Waals surface area contributed by atoms with Gasteiger partial charge in [-0.2, -0.15) is 0 Å². The molecule has 2 aromatic rings. The number of Topliss-reactive ketones (excluding diaryl/α,β-unsaturated/α-hetero) is 1. The van der Waals surface area contributed by atoms with Gasteiger partial charge in [0.15, 0.2) is 11.9 Å². The van der Waals surface area contributed by atoms with Gasteiger partial charge < -0.3 is 15.0 Å². The van der Waals surface area contributed by atoms with E-state index in [2.05, 4.69) is 10.2 Å². The molecule has 2 aromatic carbocycles. The van der Waals surface area contributed by atoms with Crippen molar-refractivity contribution >= 4 is 40.4 Å². The van der Waals surface area contributed by atoms with Gasteiger partial charge >= 0.3 is 0 Å². The molecule has 0 radical (unpaired) electrons. The Kier molecular flexibility index (Phi) is 5.58. The Morgan fingerprint density at radius 3 is 2.61 bits per heavy atom. The summed E-state index contributed by atoms with van der Waals surface area (Å²) in [6.45, 7) is 4.72. The highest BCUT2D eigenvalue weighted by Gasteiger charge is 2.30. The minimum absolute atomic E-state index is 0.0295. The molecule has 1 amide bonds. The third kappa shape index (κ3) is 4.07. The summed E-state index contributed by atoms with van der Waals surface area (Å²) in [7, 11) is 0. The number of non-ortho nitro benzene ring substituents is 1. The summed E-state index contributed by atoms with van der Waals surface area (Å²) in [6.07, 6.45) is 0.721. The van der Waals surface area contributed by atoms with Crippen LogP contribution in [0.1, 0.15) is 35.7 Å². The van der Waals surface area contributed by atoms with Gasteiger partial charge in [0.05, 0.1) is 21.3 Å². The molecular weight excluding hydrogens is 422 g/mol. The summed E-state index contributed by atoms with van der Waals surface area (Å²) in [5.74, 6) is 0.204. The van der Waals surface area contributed by atoms with Crippen LogP contribution in [-0.2, 0) is 4.79 Å². The third-order valence-electron chi connectivity index (χ3n) is 5.83. The molecule has 1 unspecified atom stereocenters. The topological polar surface area (TPSA) is 102 Å². The summed E-state index contributed by atoms with van der Waals surface area (Å²) in [4.78, 5) is 37.6. The van der Waals surface area contributed by atoms with E-state index in [-0.39, 0.29) is 23.3 Å². The Morgan fingerprint density at radius 2 is 1.97 bits per heavy atom. The quantitative estimate of drug-likeness (QED) is 0.427. The minimum Gasteiger partial charge on any atom is -0.479 e. The van der Waals surface area contributed by atoms with Gasteiger partial charge in [0, 0.05) is 36.7 Å². The number of nitrogens with one attached hydrogen (secondary N) is 1. The zero-order valence-electron chi connectivity index (χ0n) is 17.2. The number of hydrogen-bond donors (Lipinski definition) is 1. The van der Waals surface area contributed by atoms with Crippen LogP contribution >= 0.6 is 11.6 Å². The van der Waals surface area contributed by atoms with Gasteiger partial charge in [-0.3, -0.25) is 19.7 Å². The molecule has 0 aliphatic carbocycles. The highest BCUT2D eigenvalue weighted by atomic mass is 35.5. The number of carbonyl (C=O) groups is 2. The van der Waals surface area contributed by atoms with E-state index in [0.29, 0.717) is 48.0 Å². The molecule has 2 heterocycles. The van der Waals surface area contributed by atoms with Crippen molar-refractivity contribution in [2.45, 2.75) is 32.8 Å². The smallest absolute Gasteiger partial charge is 0.271 e. The van der Waals surface area contributed by atoms with Crippen molar-refractivity contribution in [3.05, 3.63) is 56.6 Å². The molecule has 2 aliphatic rings. The Labute approximate surface area is 184 Å². The number of fused-ring (bicyclic) bond motifs is 1. The molecule has 0 saturated carbocycles. The SMILES string of the molecule is Cc1cc([N+](=O)[O-])cc(Cl)c1N1CCC(C(=O)c2ccc3c(c2)NC(=O)C(C)O3)CC1. The van der Waals surface area contributed by atoms with Crippen LogP contribution in [0.15, 0.2) is 30.3 Å². The zero-order valence-corrected chi connectivity index (χ0v) is 17.9. The standard InChI is InChI=1S/C22H22ClN3O5/c1-12-9-16(26(29)30)11-17(23)20(12)25-7-5-14(6-8-25)21(27)15-3-4-19-18(10-15)24-22(28)13(2)31-19/h3-4,9-11,13-14H,5-8H2,1-2H3,(H,24,28). The third-order valence-corrected chi connectivity index (χ3v) is 6.11. The molecular formula is C22H22ClN3O5. The van der Waals surface area contributed by atoms with E-state index in [9.17, 15) is 19.7 Å². The van der Waals surface area contributed by atoms with Crippen LogP contribution in [0.5, 0.6) is 5.75 Å². The second kappa shape index (κ2) is 8.19. The van der Waals surface area contributed by atoms with E-state index >= 15 is 0 Å². The number of piperidine rings is 1. The number of amides is 1. The summed E-state index contributed by atoms with van der Waals surface area (Å²) in [6, 6.07) is 8.00. The Hall–Kier alpha value is -3.13. The van der Waals surface area contributed by atoms with Gasteiger partial charge in [0.1, 0.15) is 5.75 Å². The van der Waals surface area contributed by atoms with Gasteiger partial charge in [-0.05, 0) is 50.5 Å². The predicted molar refractivity (Wildman–Crippen MR) is 117 cm³/mol. The predicted octanol–water partition coefficient (Wildman–Crippen LogP) is 4.38. The molecule has 8 nitrogen and oxygen atoms in total. The van der Waals surface area contributed by atoms with Gasteiger partial charge in [0.25, 0.3) is 11.6 Å². The Morgan fingerprint density at radius 1 is 1.26 bits per heavy atom. The fourth-order valence-electron chi connectivity index (χ4n) is 4.19. The first-order valence-corrected chi connectivity index (χ1v) is 10.5. The molecule has 1 atom stereocenters. The average molecular weight is 444 g/mol. The van der Waals surface area contributed by atoms with Gasteiger partial charge in [-0.1, -0.05) is 11.6 Å². The van der Waals surface area contributed by atoms with Crippen LogP contribution in [0, 0.1) is 23.0 Å². The normalized spacial score (nSPS) is 18.7. The fraction of sp³-hybridized carbons (Fsp3) is 0.364. The lowest BCUT2D eigenvalue weighted by Crippen LogP contribution is -2.37. The first-order valence-electron chi connectivity index (χ1n) is 10.1. The highest BCUT2D eigenvalue weighted by molar-refractivity contribution is 6.33. The molecule has 0 spiro atoms. The molecule has 4 rings (SSSR count). The van der Waals surface area contributed by atoms with Crippen molar-refractivity contribution in [2.24, 2.45) is 5.92 Å². The number of aryl methyl sites for hydroxylation is 1. The van der Waals surface area contributed by atoms with E-state index in [4.69, 9.17) is 16.3 Å². The molecule has 1 saturated heterocycles. The van der Waals surface area contributed by atoms with Crippen molar-refractivity contribution in [1.29, 1.82) is 0 Å². The molecule has 31 heavy (non-hydrogen) atoms. The van der Waals surface area contributed by atoms with Crippen LogP contribution in [0.3, 0.4) is 0 Å². The first kappa shape index (κ1) is 21.1. The maximum absolute atomic E-state index is 13.1. The Bertz CT molecular complexity index is 1060. The summed E-state index contributed by atoms with van der Waals surface area (Å²) >= 11 is 6.34. The van der Waals surface area contributed by atoms with Gasteiger partial charge in [-0.25, -0.2) is 0 Å². The maximum Gasteiger partial charge on any atom is 0.271 e. The number of halogens is 1. The van der Waals surface area contributed by atoms with E-state index in [1.807, 2.05) is 0 Å². The second-order valence-corrected chi connectivity index (χ2v) is 8.34. The molecule has 2 aliphatic heterocycles. The minimum atomic E-state index is -0.562. The number of nitro benzene ring substituents is 1. The lowest BCUT2D eigenvalue weighted by atomic mass is 9.88. The van der Waals surface area contributed by atoms with Gasteiger partial charge in [0.2, 0.25) is 0 Å². The van der Waals surface area contributed by atoms with Crippen molar-refractivity contribution in [3.63, 3.8) is 0 Å². The van der Waals surface area contributed by atoms with E-state index in [1.54, 1.807) is 32.0 Å². The van der Waals surface area contributed by atoms with Crippen molar-refractivity contribution in [3.8, 4) is 5.75 Å². The van der Waals surface area contributed by atoms with Crippen LogP contribution in [-0.4, -0.2) is 35.8 Å². The number of nitro groups is 1. The number of anilines is 2. The lowest BCUT2D eigenvalue weighted by Gasteiger charge is -2.34. The second-order valence-electron chi connectivity index (χ2n) is 7.94. The monoisotopic (exact) mass is 443 g/mol. The maximum atomic E-state index is 13.1. The number of nitrogens with zero attached hydrogens (tertiary/aromatic N) is 2. The highest BCUT2D eigenvalue weighted by Crippen LogP contribution is 2.37. The van der Waals surface area contributed by atoms with E-state index in [0.717, 1.165) is 11.3 Å². The van der Waals surface area contributed by atoms with Crippen LogP contribution in [0.25, 0.3) is 0 Å². The number of carbonyl (C=O) groups excluding carboxylic acids is 2. The van der Waals surface area contributed by atoms with Crippen molar-refractivity contribution < 1.29 is 19.2 Å². The van der Waals surface area contributed by atoms with Crippen LogP contribution in [0.2, 0.25) is 5.02 Å². The van der Waals surface area contributed by atoms with Crippen molar-refractivity contribution in [2.75, 3.05) is 23.3 Å². The zero-order chi connectivity index (χ0) is 22.3. The fourth-order valence-corrected chi connectivity index (χ4v) is 4.57. The molecule has 1 fully saturated rings. The lowest BCUT2D eigenvalue weighted by molar-refractivity contribution is -0.384. The summed E-state index contributed by atoms with van der Waals surface area (Å²) in [5, 5.41) is 14.2. The molecule has 162 valence electrons. The first-order chi connectivity index (χ1) is 14.7. The Balaban J connectivity index is 1.46. The largest absolute Gasteiger partial charge is 0.479 e. The van der Waals surface area contributed by atoms with E-state index in [1.165, 1.54) is 12.1 Å². The number of hydrogen-bond acceptors (Lipinski definition) is 6. The molecule has 0 bridgehead atoms. The molecule has 1 N–H and O–H groups in total.